The van der Waals surface area contributed by atoms with Crippen molar-refractivity contribution in [3.63, 3.8) is 0 Å². The number of thiophene rings is 1. The fraction of sp³-hybridized carbons (Fsp3) is 0.600. The van der Waals surface area contributed by atoms with E-state index in [-0.39, 0.29) is 6.54 Å². The van der Waals surface area contributed by atoms with Gasteiger partial charge in [0.1, 0.15) is 4.21 Å². The van der Waals surface area contributed by atoms with E-state index in [0.29, 0.717) is 4.21 Å². The normalized spacial score (nSPS) is 12.9. The molecule has 0 atom stereocenters. The summed E-state index contributed by atoms with van der Waals surface area (Å²) in [4.78, 5) is 0. The molecule has 1 aromatic rings. The Kier molecular flexibility index (Phi) is 4.49. The minimum absolute atomic E-state index is 0.278. The van der Waals surface area contributed by atoms with Crippen LogP contribution in [0.5, 0.6) is 0 Å². The van der Waals surface area contributed by atoms with Crippen molar-refractivity contribution in [3.05, 3.63) is 17.5 Å². The molecule has 92 valence electrons. The third-order valence-corrected chi connectivity index (χ3v) is 5.58. The number of nitrogens with two attached hydrogens (primary N) is 1. The quantitative estimate of drug-likeness (QED) is 0.817. The zero-order chi connectivity index (χ0) is 12.2. The van der Waals surface area contributed by atoms with Gasteiger partial charge in [0.05, 0.1) is 0 Å². The molecule has 0 spiro atoms. The van der Waals surface area contributed by atoms with Gasteiger partial charge in [0.15, 0.2) is 0 Å². The van der Waals surface area contributed by atoms with Crippen LogP contribution in [-0.2, 0) is 10.0 Å². The first-order chi connectivity index (χ1) is 7.43. The molecule has 0 aromatic carbocycles. The van der Waals surface area contributed by atoms with Crippen LogP contribution in [0.2, 0.25) is 0 Å². The average molecular weight is 262 g/mol. The summed E-state index contributed by atoms with van der Waals surface area (Å²) in [5.74, 6) is 0. The average Bonchev–Trinajstić information content (AvgIpc) is 2.80. The van der Waals surface area contributed by atoms with E-state index >= 15 is 0 Å². The number of sulfonamides is 1. The van der Waals surface area contributed by atoms with Crippen LogP contribution in [0.1, 0.15) is 26.7 Å². The van der Waals surface area contributed by atoms with Gasteiger partial charge in [0.2, 0.25) is 10.0 Å². The van der Waals surface area contributed by atoms with E-state index in [0.717, 1.165) is 12.8 Å². The molecule has 6 heteroatoms. The van der Waals surface area contributed by atoms with Gasteiger partial charge in [-0.25, -0.2) is 13.1 Å². The van der Waals surface area contributed by atoms with Gasteiger partial charge in [-0.15, -0.1) is 11.3 Å². The van der Waals surface area contributed by atoms with Gasteiger partial charge in [-0.3, -0.25) is 0 Å². The summed E-state index contributed by atoms with van der Waals surface area (Å²) in [6, 6.07) is 3.30. The Labute approximate surface area is 101 Å². The second-order valence-corrected chi connectivity index (χ2v) is 6.77. The lowest BCUT2D eigenvalue weighted by Gasteiger charge is -2.26. The molecule has 0 aliphatic heterocycles. The van der Waals surface area contributed by atoms with Gasteiger partial charge >= 0.3 is 0 Å². The highest BCUT2D eigenvalue weighted by Gasteiger charge is 2.24. The third-order valence-electron chi connectivity index (χ3n) is 2.78. The monoisotopic (exact) mass is 262 g/mol. The van der Waals surface area contributed by atoms with Crippen LogP contribution in [-0.4, -0.2) is 20.5 Å². The second-order valence-electron chi connectivity index (χ2n) is 3.83. The number of hydrogen-bond donors (Lipinski definition) is 2. The predicted octanol–water partition coefficient (Wildman–Crippen LogP) is 1.54. The van der Waals surface area contributed by atoms with Crippen molar-refractivity contribution in [1.82, 2.24) is 4.72 Å². The van der Waals surface area contributed by atoms with Crippen LogP contribution in [0.15, 0.2) is 21.7 Å². The van der Waals surface area contributed by atoms with Gasteiger partial charge in [-0.05, 0) is 24.3 Å². The SMILES string of the molecule is CCC(N)(CC)CNS(=O)(=O)c1cccs1. The molecule has 16 heavy (non-hydrogen) atoms. The van der Waals surface area contributed by atoms with E-state index in [1.54, 1.807) is 17.5 Å². The van der Waals surface area contributed by atoms with Crippen LogP contribution in [0.25, 0.3) is 0 Å². The van der Waals surface area contributed by atoms with Crippen molar-refractivity contribution in [2.45, 2.75) is 36.4 Å². The first-order valence-electron chi connectivity index (χ1n) is 5.25. The van der Waals surface area contributed by atoms with E-state index in [4.69, 9.17) is 5.73 Å². The van der Waals surface area contributed by atoms with E-state index < -0.39 is 15.6 Å². The van der Waals surface area contributed by atoms with Crippen LogP contribution in [0, 0.1) is 0 Å². The second kappa shape index (κ2) is 5.27. The van der Waals surface area contributed by atoms with Crippen LogP contribution in [0.4, 0.5) is 0 Å². The molecule has 0 saturated heterocycles. The first-order valence-corrected chi connectivity index (χ1v) is 7.62. The van der Waals surface area contributed by atoms with Gasteiger partial charge < -0.3 is 5.73 Å². The molecular weight excluding hydrogens is 244 g/mol. The molecule has 0 saturated carbocycles. The Bertz CT molecular complexity index is 408. The zero-order valence-corrected chi connectivity index (χ0v) is 11.2. The summed E-state index contributed by atoms with van der Waals surface area (Å²) in [7, 11) is -3.38. The predicted molar refractivity (Wildman–Crippen MR) is 67.0 cm³/mol. The summed E-state index contributed by atoms with van der Waals surface area (Å²) in [6.07, 6.45) is 1.49. The van der Waals surface area contributed by atoms with Crippen molar-refractivity contribution in [1.29, 1.82) is 0 Å². The molecule has 3 N–H and O–H groups in total. The molecule has 0 unspecified atom stereocenters. The Balaban J connectivity index is 2.69. The maximum atomic E-state index is 11.8. The van der Waals surface area contributed by atoms with Gasteiger partial charge in [0.25, 0.3) is 0 Å². The molecule has 0 fully saturated rings. The van der Waals surface area contributed by atoms with Crippen molar-refractivity contribution in [2.24, 2.45) is 5.73 Å². The molecule has 0 aliphatic rings. The lowest BCUT2D eigenvalue weighted by molar-refractivity contribution is 0.392. The molecular formula is C10H18N2O2S2. The van der Waals surface area contributed by atoms with Crippen molar-refractivity contribution < 1.29 is 8.42 Å². The largest absolute Gasteiger partial charge is 0.324 e. The maximum Gasteiger partial charge on any atom is 0.250 e. The highest BCUT2D eigenvalue weighted by atomic mass is 32.2. The summed E-state index contributed by atoms with van der Waals surface area (Å²) < 4.78 is 26.5. The minimum atomic E-state index is -3.38. The van der Waals surface area contributed by atoms with Crippen molar-refractivity contribution >= 4 is 21.4 Å². The Morgan fingerprint density at radius 2 is 2.06 bits per heavy atom. The van der Waals surface area contributed by atoms with Gasteiger partial charge in [0, 0.05) is 12.1 Å². The summed E-state index contributed by atoms with van der Waals surface area (Å²) in [6.45, 7) is 4.20. The topological polar surface area (TPSA) is 72.2 Å². The smallest absolute Gasteiger partial charge is 0.250 e. The summed E-state index contributed by atoms with van der Waals surface area (Å²) in [5.41, 5.74) is 5.58. The molecule has 0 bridgehead atoms. The van der Waals surface area contributed by atoms with Gasteiger partial charge in [-0.1, -0.05) is 19.9 Å². The molecule has 1 aromatic heterocycles. The minimum Gasteiger partial charge on any atom is -0.324 e. The lowest BCUT2D eigenvalue weighted by Crippen LogP contribution is -2.49. The number of nitrogens with one attached hydrogen (secondary N) is 1. The van der Waals surface area contributed by atoms with E-state index in [9.17, 15) is 8.42 Å². The molecule has 4 nitrogen and oxygen atoms in total. The highest BCUT2D eigenvalue weighted by molar-refractivity contribution is 7.91. The van der Waals surface area contributed by atoms with E-state index in [2.05, 4.69) is 4.72 Å². The molecule has 1 heterocycles. The fourth-order valence-corrected chi connectivity index (χ4v) is 3.40. The highest BCUT2D eigenvalue weighted by Crippen LogP contribution is 2.17. The van der Waals surface area contributed by atoms with Crippen LogP contribution >= 0.6 is 11.3 Å². The Morgan fingerprint density at radius 1 is 1.44 bits per heavy atom. The van der Waals surface area contributed by atoms with Gasteiger partial charge in [-0.2, -0.15) is 0 Å². The fourth-order valence-electron chi connectivity index (χ4n) is 1.23. The van der Waals surface area contributed by atoms with Crippen LogP contribution < -0.4 is 10.5 Å². The van der Waals surface area contributed by atoms with Crippen LogP contribution in [0.3, 0.4) is 0 Å². The lowest BCUT2D eigenvalue weighted by atomic mass is 9.95. The third kappa shape index (κ3) is 3.28. The van der Waals surface area contributed by atoms with E-state index in [1.165, 1.54) is 11.3 Å². The summed E-state index contributed by atoms with van der Waals surface area (Å²) in [5, 5.41) is 1.74. The number of rotatable bonds is 6. The van der Waals surface area contributed by atoms with E-state index in [1.807, 2.05) is 13.8 Å². The van der Waals surface area contributed by atoms with Crippen molar-refractivity contribution in [3.8, 4) is 0 Å². The molecule has 1 rings (SSSR count). The van der Waals surface area contributed by atoms with Crippen molar-refractivity contribution in [2.75, 3.05) is 6.54 Å². The first kappa shape index (κ1) is 13.6. The zero-order valence-electron chi connectivity index (χ0n) is 9.56. The molecule has 0 aliphatic carbocycles. The Morgan fingerprint density at radius 3 is 2.50 bits per heavy atom. The number of hydrogen-bond acceptors (Lipinski definition) is 4. The Hall–Kier alpha value is -0.430. The standard InChI is InChI=1S/C10H18N2O2S2/c1-3-10(11,4-2)8-12-16(13,14)9-6-5-7-15-9/h5-7,12H,3-4,8,11H2,1-2H3. The molecule has 0 amide bonds. The molecule has 0 radical (unpaired) electrons. The summed E-state index contributed by atoms with van der Waals surface area (Å²) >= 11 is 1.20. The maximum absolute atomic E-state index is 11.8.